The number of hydrogen-bond acceptors (Lipinski definition) is 2. The fourth-order valence-corrected chi connectivity index (χ4v) is 2.70. The number of methoxy groups -OCH3 is 1. The second-order valence-electron chi connectivity index (χ2n) is 5.25. The maximum absolute atomic E-state index is 12.5. The van der Waals surface area contributed by atoms with Gasteiger partial charge in [-0.25, -0.2) is 0 Å². The molecule has 2 aromatic rings. The van der Waals surface area contributed by atoms with Gasteiger partial charge >= 0.3 is 0 Å². The van der Waals surface area contributed by atoms with Crippen LogP contribution in [-0.4, -0.2) is 13.0 Å². The Hall–Kier alpha value is -2.00. The van der Waals surface area contributed by atoms with Crippen LogP contribution in [0.2, 0.25) is 5.02 Å². The molecule has 1 fully saturated rings. The van der Waals surface area contributed by atoms with Crippen LogP contribution in [0.5, 0.6) is 5.75 Å². The summed E-state index contributed by atoms with van der Waals surface area (Å²) in [6.07, 6.45) is 1.85. The zero-order valence-corrected chi connectivity index (χ0v) is 12.5. The van der Waals surface area contributed by atoms with Crippen molar-refractivity contribution in [3.05, 3.63) is 64.7 Å². The molecular weight excluding hydrogens is 286 g/mol. The lowest BCUT2D eigenvalue weighted by molar-refractivity contribution is 0.0928. The number of para-hydroxylation sites is 1. The summed E-state index contributed by atoms with van der Waals surface area (Å²) in [7, 11) is 1.57. The van der Waals surface area contributed by atoms with E-state index in [4.69, 9.17) is 16.3 Å². The van der Waals surface area contributed by atoms with E-state index in [9.17, 15) is 4.79 Å². The van der Waals surface area contributed by atoms with Gasteiger partial charge in [-0.05, 0) is 42.7 Å². The number of halogens is 1. The fourth-order valence-electron chi connectivity index (χ4n) is 2.51. The third-order valence-electron chi connectivity index (χ3n) is 3.83. The summed E-state index contributed by atoms with van der Waals surface area (Å²) >= 11 is 6.05. The molecule has 0 bridgehead atoms. The summed E-state index contributed by atoms with van der Waals surface area (Å²) < 4.78 is 5.24. The number of carbonyl (C=O) groups is 1. The van der Waals surface area contributed by atoms with E-state index in [1.165, 1.54) is 0 Å². The molecule has 1 saturated carbocycles. The molecule has 0 unspecified atom stereocenters. The Balaban J connectivity index is 1.85. The number of ether oxygens (including phenoxy) is 1. The molecular formula is C17H16ClNO2. The largest absolute Gasteiger partial charge is 0.496 e. The Kier molecular flexibility index (Phi) is 3.60. The third-order valence-corrected chi connectivity index (χ3v) is 4.07. The topological polar surface area (TPSA) is 38.3 Å². The summed E-state index contributed by atoms with van der Waals surface area (Å²) in [5.74, 6) is 0.460. The van der Waals surface area contributed by atoms with Crippen LogP contribution in [0, 0.1) is 0 Å². The van der Waals surface area contributed by atoms with Gasteiger partial charge in [0.2, 0.25) is 0 Å². The van der Waals surface area contributed by atoms with Crippen molar-refractivity contribution in [2.45, 2.75) is 18.4 Å². The first-order valence-electron chi connectivity index (χ1n) is 6.86. The van der Waals surface area contributed by atoms with Gasteiger partial charge in [0.25, 0.3) is 5.91 Å². The Morgan fingerprint density at radius 1 is 1.19 bits per heavy atom. The van der Waals surface area contributed by atoms with Crippen molar-refractivity contribution in [2.75, 3.05) is 7.11 Å². The number of hydrogen-bond donors (Lipinski definition) is 1. The predicted molar refractivity (Wildman–Crippen MR) is 82.8 cm³/mol. The van der Waals surface area contributed by atoms with Crippen molar-refractivity contribution in [1.29, 1.82) is 0 Å². The standard InChI is InChI=1S/C17H16ClNO2/c1-21-15-8-3-2-7-14(15)16(20)19-17(9-10-17)12-5-4-6-13(18)11-12/h2-8,11H,9-10H2,1H3,(H,19,20). The van der Waals surface area contributed by atoms with E-state index in [2.05, 4.69) is 5.32 Å². The second-order valence-corrected chi connectivity index (χ2v) is 5.68. The van der Waals surface area contributed by atoms with Crippen LogP contribution in [0.4, 0.5) is 0 Å². The van der Waals surface area contributed by atoms with E-state index in [0.29, 0.717) is 16.3 Å². The van der Waals surface area contributed by atoms with E-state index >= 15 is 0 Å². The first-order valence-corrected chi connectivity index (χ1v) is 7.24. The molecule has 3 rings (SSSR count). The number of rotatable bonds is 4. The molecule has 0 radical (unpaired) electrons. The summed E-state index contributed by atoms with van der Waals surface area (Å²) in [5.41, 5.74) is 1.31. The Morgan fingerprint density at radius 2 is 1.95 bits per heavy atom. The highest BCUT2D eigenvalue weighted by molar-refractivity contribution is 6.30. The number of carbonyl (C=O) groups excluding carboxylic acids is 1. The predicted octanol–water partition coefficient (Wildman–Crippen LogP) is 3.77. The maximum atomic E-state index is 12.5. The van der Waals surface area contributed by atoms with Gasteiger partial charge in [-0.3, -0.25) is 4.79 Å². The molecule has 3 nitrogen and oxygen atoms in total. The van der Waals surface area contributed by atoms with Crippen molar-refractivity contribution >= 4 is 17.5 Å². The summed E-state index contributed by atoms with van der Waals surface area (Å²) in [4.78, 5) is 12.5. The molecule has 0 heterocycles. The molecule has 1 aliphatic carbocycles. The molecule has 4 heteroatoms. The lowest BCUT2D eigenvalue weighted by Crippen LogP contribution is -2.35. The van der Waals surface area contributed by atoms with Gasteiger partial charge in [-0.15, -0.1) is 0 Å². The zero-order chi connectivity index (χ0) is 14.9. The monoisotopic (exact) mass is 301 g/mol. The van der Waals surface area contributed by atoms with Crippen molar-refractivity contribution < 1.29 is 9.53 Å². The summed E-state index contributed by atoms with van der Waals surface area (Å²) in [6.45, 7) is 0. The van der Waals surface area contributed by atoms with E-state index in [1.54, 1.807) is 19.2 Å². The molecule has 21 heavy (non-hydrogen) atoms. The van der Waals surface area contributed by atoms with Gasteiger partial charge in [-0.2, -0.15) is 0 Å². The van der Waals surface area contributed by atoms with Crippen LogP contribution in [0.15, 0.2) is 48.5 Å². The SMILES string of the molecule is COc1ccccc1C(=O)NC1(c2cccc(Cl)c2)CC1. The van der Waals surface area contributed by atoms with Gasteiger partial charge < -0.3 is 10.1 Å². The quantitative estimate of drug-likeness (QED) is 0.933. The van der Waals surface area contributed by atoms with Gasteiger partial charge in [-0.1, -0.05) is 35.9 Å². The van der Waals surface area contributed by atoms with Gasteiger partial charge in [0, 0.05) is 5.02 Å². The molecule has 1 amide bonds. The van der Waals surface area contributed by atoms with Gasteiger partial charge in [0.05, 0.1) is 18.2 Å². The fraction of sp³-hybridized carbons (Fsp3) is 0.235. The number of nitrogens with one attached hydrogen (secondary N) is 1. The number of benzene rings is 2. The van der Waals surface area contributed by atoms with Crippen LogP contribution in [0.3, 0.4) is 0 Å². The molecule has 0 spiro atoms. The zero-order valence-electron chi connectivity index (χ0n) is 11.7. The van der Waals surface area contributed by atoms with Gasteiger partial charge in [0.1, 0.15) is 5.75 Å². The van der Waals surface area contributed by atoms with Crippen molar-refractivity contribution in [2.24, 2.45) is 0 Å². The first kappa shape index (κ1) is 14.0. The lowest BCUT2D eigenvalue weighted by atomic mass is 10.0. The molecule has 108 valence electrons. The van der Waals surface area contributed by atoms with E-state index < -0.39 is 0 Å². The first-order chi connectivity index (χ1) is 10.1. The van der Waals surface area contributed by atoms with Crippen LogP contribution >= 0.6 is 11.6 Å². The average Bonchev–Trinajstić information content (AvgIpc) is 3.28. The minimum atomic E-state index is -0.289. The smallest absolute Gasteiger partial charge is 0.255 e. The van der Waals surface area contributed by atoms with E-state index in [1.807, 2.05) is 36.4 Å². The third kappa shape index (κ3) is 2.74. The van der Waals surface area contributed by atoms with Crippen molar-refractivity contribution in [1.82, 2.24) is 5.32 Å². The van der Waals surface area contributed by atoms with Crippen molar-refractivity contribution in [3.8, 4) is 5.75 Å². The summed E-state index contributed by atoms with van der Waals surface area (Å²) in [5, 5.41) is 3.81. The highest BCUT2D eigenvalue weighted by atomic mass is 35.5. The highest BCUT2D eigenvalue weighted by Crippen LogP contribution is 2.46. The molecule has 1 aliphatic rings. The minimum Gasteiger partial charge on any atom is -0.496 e. The van der Waals surface area contributed by atoms with Crippen LogP contribution in [-0.2, 0) is 5.54 Å². The lowest BCUT2D eigenvalue weighted by Gasteiger charge is -2.19. The second kappa shape index (κ2) is 5.41. The van der Waals surface area contributed by atoms with Gasteiger partial charge in [0.15, 0.2) is 0 Å². The van der Waals surface area contributed by atoms with Crippen LogP contribution in [0.25, 0.3) is 0 Å². The molecule has 0 aromatic heterocycles. The molecule has 0 aliphatic heterocycles. The van der Waals surface area contributed by atoms with E-state index in [-0.39, 0.29) is 11.4 Å². The molecule has 0 atom stereocenters. The van der Waals surface area contributed by atoms with Crippen molar-refractivity contribution in [3.63, 3.8) is 0 Å². The van der Waals surface area contributed by atoms with Crippen LogP contribution in [0.1, 0.15) is 28.8 Å². The minimum absolute atomic E-state index is 0.120. The summed E-state index contributed by atoms with van der Waals surface area (Å²) in [6, 6.07) is 14.9. The average molecular weight is 302 g/mol. The number of amides is 1. The van der Waals surface area contributed by atoms with Crippen LogP contribution < -0.4 is 10.1 Å². The maximum Gasteiger partial charge on any atom is 0.255 e. The molecule has 2 aromatic carbocycles. The highest BCUT2D eigenvalue weighted by Gasteiger charge is 2.46. The Labute approximate surface area is 128 Å². The molecule has 0 saturated heterocycles. The Bertz CT molecular complexity index is 680. The normalized spacial score (nSPS) is 15.3. The van der Waals surface area contributed by atoms with E-state index in [0.717, 1.165) is 18.4 Å². The molecule has 1 N–H and O–H groups in total. The Morgan fingerprint density at radius 3 is 2.62 bits per heavy atom.